The maximum absolute atomic E-state index is 5.63. The maximum atomic E-state index is 5.63. The minimum atomic E-state index is 0.566. The number of terminal acetylenes is 1. The van der Waals surface area contributed by atoms with E-state index in [0.29, 0.717) is 11.5 Å². The molecular weight excluding hydrogens is 218 g/mol. The minimum Gasteiger partial charge on any atom is -0.312 e. The van der Waals surface area contributed by atoms with Crippen LogP contribution >= 0.6 is 0 Å². The van der Waals surface area contributed by atoms with Gasteiger partial charge < -0.3 is 5.32 Å². The van der Waals surface area contributed by atoms with Gasteiger partial charge in [0.25, 0.3) is 0 Å². The van der Waals surface area contributed by atoms with Gasteiger partial charge in [0.05, 0.1) is 0 Å². The maximum Gasteiger partial charge on any atom is 0.0246 e. The van der Waals surface area contributed by atoms with Crippen LogP contribution in [0.5, 0.6) is 0 Å². The quantitative estimate of drug-likeness (QED) is 0.730. The van der Waals surface area contributed by atoms with Crippen molar-refractivity contribution in [2.24, 2.45) is 23.2 Å². The zero-order chi connectivity index (χ0) is 12.6. The van der Waals surface area contributed by atoms with Gasteiger partial charge in [-0.2, -0.15) is 0 Å². The number of nitrogens with one attached hydrogen (secondary N) is 1. The molecule has 0 saturated heterocycles. The van der Waals surface area contributed by atoms with Crippen LogP contribution in [0.3, 0.4) is 0 Å². The molecule has 4 aliphatic carbocycles. The molecule has 4 bridgehead atoms. The lowest BCUT2D eigenvalue weighted by Gasteiger charge is -2.59. The highest BCUT2D eigenvalue weighted by atomic mass is 14.9. The Balaban J connectivity index is 1.77. The van der Waals surface area contributed by atoms with E-state index >= 15 is 0 Å². The molecule has 0 aromatic rings. The summed E-state index contributed by atoms with van der Waals surface area (Å²) in [6, 6.07) is 0.593. The molecule has 0 spiro atoms. The molecule has 100 valence electrons. The van der Waals surface area contributed by atoms with Gasteiger partial charge in [-0.05, 0) is 74.7 Å². The van der Waals surface area contributed by atoms with Crippen LogP contribution in [0.15, 0.2) is 0 Å². The van der Waals surface area contributed by atoms with E-state index in [0.717, 1.165) is 30.7 Å². The molecule has 4 aliphatic rings. The molecule has 1 heteroatoms. The third kappa shape index (κ3) is 2.10. The number of hydrogen-bond acceptors (Lipinski definition) is 1. The Morgan fingerprint density at radius 1 is 1.17 bits per heavy atom. The second-order valence-electron chi connectivity index (χ2n) is 7.19. The average Bonchev–Trinajstić information content (AvgIpc) is 2.32. The van der Waals surface area contributed by atoms with Gasteiger partial charge in [0.1, 0.15) is 0 Å². The van der Waals surface area contributed by atoms with E-state index in [-0.39, 0.29) is 0 Å². The van der Waals surface area contributed by atoms with Gasteiger partial charge in [0.2, 0.25) is 0 Å². The first-order valence-corrected chi connectivity index (χ1v) is 7.92. The average molecular weight is 245 g/mol. The monoisotopic (exact) mass is 245 g/mol. The van der Waals surface area contributed by atoms with Gasteiger partial charge in [-0.15, -0.1) is 12.3 Å². The van der Waals surface area contributed by atoms with Crippen LogP contribution in [-0.4, -0.2) is 12.6 Å². The molecule has 0 radical (unpaired) electrons. The summed E-state index contributed by atoms with van der Waals surface area (Å²) in [4.78, 5) is 0. The van der Waals surface area contributed by atoms with E-state index in [1.165, 1.54) is 44.9 Å². The standard InChI is InChI=1S/C17H27N/c1-3-5-16(18-6-4-2)17-10-13-7-14(11-17)9-15(8-13)12-17/h1,13-16,18H,4-12H2,2H3. The first-order valence-electron chi connectivity index (χ1n) is 7.92. The highest BCUT2D eigenvalue weighted by molar-refractivity contribution is 5.08. The largest absolute Gasteiger partial charge is 0.312 e. The molecular formula is C17H27N. The summed E-state index contributed by atoms with van der Waals surface area (Å²) in [5.74, 6) is 6.02. The molecule has 1 atom stereocenters. The number of hydrogen-bond donors (Lipinski definition) is 1. The van der Waals surface area contributed by atoms with Crippen molar-refractivity contribution >= 4 is 0 Å². The van der Waals surface area contributed by atoms with E-state index in [2.05, 4.69) is 18.2 Å². The van der Waals surface area contributed by atoms with E-state index in [1.807, 2.05) is 0 Å². The molecule has 0 heterocycles. The summed E-state index contributed by atoms with van der Waals surface area (Å²) in [5.41, 5.74) is 0.566. The fourth-order valence-electron chi connectivity index (χ4n) is 5.55. The summed E-state index contributed by atoms with van der Waals surface area (Å²) in [7, 11) is 0. The highest BCUT2D eigenvalue weighted by Gasteiger charge is 2.53. The fourth-order valence-corrected chi connectivity index (χ4v) is 5.55. The molecule has 1 unspecified atom stereocenters. The van der Waals surface area contributed by atoms with Crippen molar-refractivity contribution in [1.29, 1.82) is 0 Å². The van der Waals surface area contributed by atoms with E-state index < -0.39 is 0 Å². The van der Waals surface area contributed by atoms with Gasteiger partial charge in [-0.1, -0.05) is 6.92 Å². The summed E-state index contributed by atoms with van der Waals surface area (Å²) < 4.78 is 0. The number of rotatable bonds is 5. The molecule has 18 heavy (non-hydrogen) atoms. The van der Waals surface area contributed by atoms with Gasteiger partial charge in [0.15, 0.2) is 0 Å². The van der Waals surface area contributed by atoms with Crippen LogP contribution in [0.4, 0.5) is 0 Å². The molecule has 0 aromatic heterocycles. The Bertz CT molecular complexity index is 303. The molecule has 0 aliphatic heterocycles. The second-order valence-corrected chi connectivity index (χ2v) is 7.19. The SMILES string of the molecule is C#CCC(NCCC)C12CC3CC(CC(C3)C1)C2. The third-order valence-corrected chi connectivity index (χ3v) is 5.79. The smallest absolute Gasteiger partial charge is 0.0246 e. The van der Waals surface area contributed by atoms with Crippen molar-refractivity contribution in [3.8, 4) is 12.3 Å². The summed E-state index contributed by atoms with van der Waals surface area (Å²) in [5, 5.41) is 3.78. The van der Waals surface area contributed by atoms with E-state index in [4.69, 9.17) is 6.42 Å². The molecule has 4 rings (SSSR count). The van der Waals surface area contributed by atoms with Crippen LogP contribution in [0.1, 0.15) is 58.3 Å². The third-order valence-electron chi connectivity index (χ3n) is 5.79. The van der Waals surface area contributed by atoms with Crippen LogP contribution in [0, 0.1) is 35.5 Å². The normalized spacial score (nSPS) is 42.8. The van der Waals surface area contributed by atoms with Crippen molar-refractivity contribution in [3.63, 3.8) is 0 Å². The molecule has 0 amide bonds. The predicted octanol–water partition coefficient (Wildman–Crippen LogP) is 3.59. The van der Waals surface area contributed by atoms with Crippen molar-refractivity contribution in [2.75, 3.05) is 6.54 Å². The fraction of sp³-hybridized carbons (Fsp3) is 0.882. The molecule has 0 aromatic carbocycles. The van der Waals surface area contributed by atoms with Gasteiger partial charge in [-0.3, -0.25) is 0 Å². The lowest BCUT2D eigenvalue weighted by molar-refractivity contribution is -0.0727. The first kappa shape index (κ1) is 12.5. The molecule has 1 N–H and O–H groups in total. The second kappa shape index (κ2) is 4.89. The van der Waals surface area contributed by atoms with Crippen molar-refractivity contribution in [3.05, 3.63) is 0 Å². The van der Waals surface area contributed by atoms with Gasteiger partial charge in [-0.25, -0.2) is 0 Å². The Morgan fingerprint density at radius 2 is 1.72 bits per heavy atom. The Kier molecular flexibility index (Phi) is 3.41. The van der Waals surface area contributed by atoms with Crippen molar-refractivity contribution in [2.45, 2.75) is 64.3 Å². The van der Waals surface area contributed by atoms with Crippen LogP contribution < -0.4 is 5.32 Å². The lowest BCUT2D eigenvalue weighted by Crippen LogP contribution is -2.55. The van der Waals surface area contributed by atoms with Crippen LogP contribution in [0.25, 0.3) is 0 Å². The Labute approximate surface area is 112 Å². The topological polar surface area (TPSA) is 12.0 Å². The van der Waals surface area contributed by atoms with Crippen molar-refractivity contribution < 1.29 is 0 Å². The van der Waals surface area contributed by atoms with Crippen molar-refractivity contribution in [1.82, 2.24) is 5.32 Å². The van der Waals surface area contributed by atoms with E-state index in [1.54, 1.807) is 0 Å². The minimum absolute atomic E-state index is 0.566. The zero-order valence-corrected chi connectivity index (χ0v) is 11.8. The molecule has 1 nitrogen and oxygen atoms in total. The zero-order valence-electron chi connectivity index (χ0n) is 11.8. The molecule has 4 fully saturated rings. The van der Waals surface area contributed by atoms with Crippen LogP contribution in [-0.2, 0) is 0 Å². The van der Waals surface area contributed by atoms with Gasteiger partial charge in [0, 0.05) is 12.5 Å². The first-order chi connectivity index (χ1) is 8.75. The Morgan fingerprint density at radius 3 is 2.17 bits per heavy atom. The van der Waals surface area contributed by atoms with E-state index in [9.17, 15) is 0 Å². The Hall–Kier alpha value is -0.480. The van der Waals surface area contributed by atoms with Gasteiger partial charge >= 0.3 is 0 Å². The summed E-state index contributed by atoms with van der Waals surface area (Å²) in [6.07, 6.45) is 16.7. The molecule has 4 saturated carbocycles. The lowest BCUT2D eigenvalue weighted by atomic mass is 9.47. The summed E-state index contributed by atoms with van der Waals surface area (Å²) in [6.45, 7) is 3.38. The summed E-state index contributed by atoms with van der Waals surface area (Å²) >= 11 is 0. The highest BCUT2D eigenvalue weighted by Crippen LogP contribution is 2.61. The predicted molar refractivity (Wildman–Crippen MR) is 76.1 cm³/mol. The van der Waals surface area contributed by atoms with Crippen LogP contribution in [0.2, 0.25) is 0 Å².